The minimum Gasteiger partial charge on any atom is -0.394 e. The first-order valence-electron chi connectivity index (χ1n) is 5.70. The molecule has 0 aliphatic heterocycles. The topological polar surface area (TPSA) is 54.4 Å². The van der Waals surface area contributed by atoms with Gasteiger partial charge in [0.25, 0.3) is 0 Å². The number of ether oxygens (including phenoxy) is 1. The Bertz CT molecular complexity index is 292. The third-order valence-electron chi connectivity index (χ3n) is 2.32. The van der Waals surface area contributed by atoms with E-state index in [0.717, 1.165) is 25.2 Å². The molecule has 2 N–H and O–H groups in total. The van der Waals surface area contributed by atoms with Gasteiger partial charge in [-0.2, -0.15) is 0 Å². The van der Waals surface area contributed by atoms with Gasteiger partial charge in [0.1, 0.15) is 0 Å². The Morgan fingerprint density at radius 3 is 3.06 bits per heavy atom. The highest BCUT2D eigenvalue weighted by atomic mass is 16.5. The van der Waals surface area contributed by atoms with Crippen molar-refractivity contribution >= 4 is 0 Å². The van der Waals surface area contributed by atoms with Crippen molar-refractivity contribution < 1.29 is 9.84 Å². The van der Waals surface area contributed by atoms with Crippen LogP contribution in [0.5, 0.6) is 0 Å². The zero-order chi connectivity index (χ0) is 11.6. The summed E-state index contributed by atoms with van der Waals surface area (Å²) in [6.45, 7) is 4.79. The van der Waals surface area contributed by atoms with Gasteiger partial charge in [-0.25, -0.2) is 0 Å². The van der Waals surface area contributed by atoms with E-state index >= 15 is 0 Å². The Hall–Kier alpha value is -0.970. The molecule has 16 heavy (non-hydrogen) atoms. The predicted molar refractivity (Wildman–Crippen MR) is 63.2 cm³/mol. The summed E-state index contributed by atoms with van der Waals surface area (Å²) in [4.78, 5) is 4.34. The van der Waals surface area contributed by atoms with E-state index in [-0.39, 0.29) is 6.61 Å². The Morgan fingerprint density at radius 2 is 2.31 bits per heavy atom. The summed E-state index contributed by atoms with van der Waals surface area (Å²) in [6.07, 6.45) is 2.82. The maximum absolute atomic E-state index is 8.51. The van der Waals surface area contributed by atoms with E-state index in [4.69, 9.17) is 9.84 Å². The molecule has 0 saturated carbocycles. The summed E-state index contributed by atoms with van der Waals surface area (Å²) in [5, 5.41) is 11.8. The number of aliphatic hydroxyl groups is 1. The molecule has 4 nitrogen and oxygen atoms in total. The third-order valence-corrected chi connectivity index (χ3v) is 2.32. The molecule has 0 unspecified atom stereocenters. The van der Waals surface area contributed by atoms with Crippen LogP contribution in [-0.2, 0) is 17.7 Å². The highest BCUT2D eigenvalue weighted by molar-refractivity contribution is 5.19. The lowest BCUT2D eigenvalue weighted by molar-refractivity contribution is 0.0937. The van der Waals surface area contributed by atoms with E-state index in [9.17, 15) is 0 Å². The van der Waals surface area contributed by atoms with Gasteiger partial charge >= 0.3 is 0 Å². The number of rotatable bonds is 8. The van der Waals surface area contributed by atoms with Crippen LogP contribution in [0.15, 0.2) is 18.3 Å². The van der Waals surface area contributed by atoms with Crippen LogP contribution in [0.25, 0.3) is 0 Å². The zero-order valence-electron chi connectivity index (χ0n) is 9.78. The van der Waals surface area contributed by atoms with Crippen LogP contribution in [0.4, 0.5) is 0 Å². The van der Waals surface area contributed by atoms with Crippen molar-refractivity contribution in [1.82, 2.24) is 10.3 Å². The normalized spacial score (nSPS) is 10.6. The number of nitrogens with zero attached hydrogens (tertiary/aromatic N) is 1. The van der Waals surface area contributed by atoms with Crippen molar-refractivity contribution in [1.29, 1.82) is 0 Å². The highest BCUT2D eigenvalue weighted by Crippen LogP contribution is 2.05. The van der Waals surface area contributed by atoms with Gasteiger partial charge in [-0.1, -0.05) is 13.0 Å². The number of nitrogens with one attached hydrogen (secondary N) is 1. The van der Waals surface area contributed by atoms with E-state index < -0.39 is 0 Å². The molecule has 0 aliphatic rings. The molecule has 1 aromatic heterocycles. The fraction of sp³-hybridized carbons (Fsp3) is 0.583. The second-order valence-corrected chi connectivity index (χ2v) is 3.48. The van der Waals surface area contributed by atoms with Crippen LogP contribution in [-0.4, -0.2) is 36.5 Å². The number of aromatic nitrogens is 1. The molecule has 0 aromatic carbocycles. The Kier molecular flexibility index (Phi) is 6.72. The molecule has 1 aromatic rings. The Labute approximate surface area is 96.7 Å². The molecule has 0 aliphatic carbocycles. The molecule has 0 amide bonds. The minimum atomic E-state index is 0.0836. The van der Waals surface area contributed by atoms with Crippen molar-refractivity contribution in [2.24, 2.45) is 0 Å². The fourth-order valence-electron chi connectivity index (χ4n) is 1.47. The van der Waals surface area contributed by atoms with Gasteiger partial charge < -0.3 is 15.2 Å². The standard InChI is InChI=1S/C12H20N2O2/c1-2-11-4-3-5-14-12(11)10-13-6-8-16-9-7-15/h3-5,13,15H,2,6-10H2,1H3. The summed E-state index contributed by atoms with van der Waals surface area (Å²) < 4.78 is 5.14. The predicted octanol–water partition coefficient (Wildman–Crippen LogP) is 0.742. The second kappa shape index (κ2) is 8.21. The minimum absolute atomic E-state index is 0.0836. The number of hydrogen-bond acceptors (Lipinski definition) is 4. The zero-order valence-corrected chi connectivity index (χ0v) is 9.78. The van der Waals surface area contributed by atoms with Gasteiger partial charge in [-0.15, -0.1) is 0 Å². The molecule has 0 radical (unpaired) electrons. The molecule has 4 heteroatoms. The van der Waals surface area contributed by atoms with E-state index in [1.807, 2.05) is 12.3 Å². The number of aliphatic hydroxyl groups excluding tert-OH is 1. The Balaban J connectivity index is 2.21. The summed E-state index contributed by atoms with van der Waals surface area (Å²) in [6, 6.07) is 4.07. The van der Waals surface area contributed by atoms with Crippen molar-refractivity contribution in [3.63, 3.8) is 0 Å². The number of pyridine rings is 1. The van der Waals surface area contributed by atoms with Gasteiger partial charge in [0.05, 0.1) is 25.5 Å². The maximum atomic E-state index is 8.51. The molecule has 1 heterocycles. The lowest BCUT2D eigenvalue weighted by Gasteiger charge is -2.08. The first kappa shape index (κ1) is 13.1. The van der Waals surface area contributed by atoms with Crippen molar-refractivity contribution in [2.45, 2.75) is 19.9 Å². The first-order chi connectivity index (χ1) is 7.88. The molecule has 0 spiro atoms. The van der Waals surface area contributed by atoms with Crippen molar-refractivity contribution in [2.75, 3.05) is 26.4 Å². The van der Waals surface area contributed by atoms with Crippen LogP contribution in [0.1, 0.15) is 18.2 Å². The average Bonchev–Trinajstić information content (AvgIpc) is 2.34. The van der Waals surface area contributed by atoms with Gasteiger partial charge in [0, 0.05) is 19.3 Å². The van der Waals surface area contributed by atoms with Gasteiger partial charge in [-0.3, -0.25) is 4.98 Å². The van der Waals surface area contributed by atoms with Gasteiger partial charge in [0.2, 0.25) is 0 Å². The lowest BCUT2D eigenvalue weighted by Crippen LogP contribution is -2.21. The van der Waals surface area contributed by atoms with Crippen LogP contribution in [0, 0.1) is 0 Å². The number of hydrogen-bond donors (Lipinski definition) is 2. The van der Waals surface area contributed by atoms with Gasteiger partial charge in [-0.05, 0) is 18.1 Å². The maximum Gasteiger partial charge on any atom is 0.0698 e. The van der Waals surface area contributed by atoms with Gasteiger partial charge in [0.15, 0.2) is 0 Å². The fourth-order valence-corrected chi connectivity index (χ4v) is 1.47. The molecule has 0 atom stereocenters. The smallest absolute Gasteiger partial charge is 0.0698 e. The van der Waals surface area contributed by atoms with Crippen LogP contribution < -0.4 is 5.32 Å². The molecule has 0 fully saturated rings. The van der Waals surface area contributed by atoms with Crippen LogP contribution in [0.3, 0.4) is 0 Å². The van der Waals surface area contributed by atoms with E-state index in [1.54, 1.807) is 0 Å². The van der Waals surface area contributed by atoms with E-state index in [0.29, 0.717) is 13.2 Å². The van der Waals surface area contributed by atoms with E-state index in [2.05, 4.69) is 23.3 Å². The average molecular weight is 224 g/mol. The number of aryl methyl sites for hydroxylation is 1. The molecular weight excluding hydrogens is 204 g/mol. The van der Waals surface area contributed by atoms with Crippen LogP contribution in [0.2, 0.25) is 0 Å². The summed E-state index contributed by atoms with van der Waals surface area (Å²) in [7, 11) is 0. The van der Waals surface area contributed by atoms with Crippen molar-refractivity contribution in [3.8, 4) is 0 Å². The summed E-state index contributed by atoms with van der Waals surface area (Å²) in [5.74, 6) is 0. The largest absolute Gasteiger partial charge is 0.394 e. The SMILES string of the molecule is CCc1cccnc1CNCCOCCO. The Morgan fingerprint density at radius 1 is 1.44 bits per heavy atom. The van der Waals surface area contributed by atoms with E-state index in [1.165, 1.54) is 5.56 Å². The highest BCUT2D eigenvalue weighted by Gasteiger charge is 1.99. The summed E-state index contributed by atoms with van der Waals surface area (Å²) >= 11 is 0. The quantitative estimate of drug-likeness (QED) is 0.640. The second-order valence-electron chi connectivity index (χ2n) is 3.48. The summed E-state index contributed by atoms with van der Waals surface area (Å²) in [5.41, 5.74) is 2.39. The first-order valence-corrected chi connectivity index (χ1v) is 5.70. The monoisotopic (exact) mass is 224 g/mol. The molecule has 1 rings (SSSR count). The lowest BCUT2D eigenvalue weighted by atomic mass is 10.1. The molecule has 0 saturated heterocycles. The third kappa shape index (κ3) is 4.70. The van der Waals surface area contributed by atoms with Crippen molar-refractivity contribution in [3.05, 3.63) is 29.6 Å². The molecule has 90 valence electrons. The van der Waals surface area contributed by atoms with Crippen LogP contribution >= 0.6 is 0 Å². The molecular formula is C12H20N2O2. The molecule has 0 bridgehead atoms.